The van der Waals surface area contributed by atoms with Gasteiger partial charge in [-0.2, -0.15) is 5.26 Å². The number of nitrogens with zero attached hydrogens (tertiary/aromatic N) is 1. The molecule has 0 spiro atoms. The molecule has 3 aromatic carbocycles. The highest BCUT2D eigenvalue weighted by molar-refractivity contribution is 6.37. The number of hydrogen-bond donors (Lipinski definition) is 1. The number of ether oxygens (including phenoxy) is 5. The Morgan fingerprint density at radius 1 is 1.03 bits per heavy atom. The van der Waals surface area contributed by atoms with E-state index in [-0.39, 0.29) is 32.8 Å². The van der Waals surface area contributed by atoms with E-state index < -0.39 is 11.9 Å². The maximum atomic E-state index is 12.8. The topological polar surface area (TPSA) is 113 Å². The van der Waals surface area contributed by atoms with Gasteiger partial charge in [-0.3, -0.25) is 0 Å². The third-order valence-corrected chi connectivity index (χ3v) is 6.31. The van der Waals surface area contributed by atoms with Gasteiger partial charge in [-0.05, 0) is 49.7 Å². The third-order valence-electron chi connectivity index (χ3n) is 5.74. The number of nitriles is 1. The number of carbonyl (C=O) groups excluding carboxylic acids is 1. The van der Waals surface area contributed by atoms with Crippen molar-refractivity contribution < 1.29 is 28.5 Å². The van der Waals surface area contributed by atoms with Crippen LogP contribution in [0, 0.1) is 11.3 Å². The lowest BCUT2D eigenvalue weighted by molar-refractivity contribution is 0.0734. The number of hydrogen-bond acceptors (Lipinski definition) is 8. The Hall–Kier alpha value is -4.06. The van der Waals surface area contributed by atoms with Crippen LogP contribution < -0.4 is 29.4 Å². The number of fused-ring (bicyclic) bond motifs is 1. The minimum atomic E-state index is -0.679. The highest BCUT2D eigenvalue weighted by atomic mass is 35.5. The SMILES string of the molecule is CCOc1ccc(C2C(C#N)=C(N)Oc3cc(OC(=O)c4cc(Cl)c(OCC)c(Cl)c4)ccc32)cc1OC. The number of allylic oxidation sites excluding steroid dienone is 1. The second kappa shape index (κ2) is 11.5. The lowest BCUT2D eigenvalue weighted by Gasteiger charge is -2.27. The smallest absolute Gasteiger partial charge is 0.343 e. The number of esters is 1. The molecule has 0 fully saturated rings. The molecule has 0 amide bonds. The maximum Gasteiger partial charge on any atom is 0.343 e. The molecule has 1 atom stereocenters. The van der Waals surface area contributed by atoms with Crippen LogP contribution in [-0.4, -0.2) is 26.3 Å². The zero-order valence-corrected chi connectivity index (χ0v) is 22.4. The zero-order valence-electron chi connectivity index (χ0n) is 20.8. The molecule has 1 aliphatic heterocycles. The van der Waals surface area contributed by atoms with Crippen LogP contribution in [0.2, 0.25) is 10.0 Å². The Morgan fingerprint density at radius 3 is 2.37 bits per heavy atom. The van der Waals surface area contributed by atoms with E-state index in [0.717, 1.165) is 5.56 Å². The Morgan fingerprint density at radius 2 is 1.74 bits per heavy atom. The van der Waals surface area contributed by atoms with Gasteiger partial charge in [0.05, 0.1) is 41.9 Å². The molecule has 3 aromatic rings. The van der Waals surface area contributed by atoms with Crippen LogP contribution in [-0.2, 0) is 0 Å². The van der Waals surface area contributed by atoms with Gasteiger partial charge in [0.2, 0.25) is 5.88 Å². The van der Waals surface area contributed by atoms with Crippen molar-refractivity contribution in [1.82, 2.24) is 0 Å². The molecule has 2 N–H and O–H groups in total. The molecular weight excluding hydrogens is 531 g/mol. The Labute approximate surface area is 230 Å². The summed E-state index contributed by atoms with van der Waals surface area (Å²) in [5.74, 6) is 0.667. The summed E-state index contributed by atoms with van der Waals surface area (Å²) in [4.78, 5) is 12.8. The normalized spacial score (nSPS) is 14.2. The molecule has 1 unspecified atom stereocenters. The summed E-state index contributed by atoms with van der Waals surface area (Å²) in [6.07, 6.45) is 0. The summed E-state index contributed by atoms with van der Waals surface area (Å²) in [7, 11) is 1.54. The summed E-state index contributed by atoms with van der Waals surface area (Å²) in [5.41, 5.74) is 7.92. The lowest BCUT2D eigenvalue weighted by atomic mass is 9.83. The van der Waals surface area contributed by atoms with E-state index in [9.17, 15) is 10.1 Å². The highest BCUT2D eigenvalue weighted by Crippen LogP contribution is 2.45. The zero-order chi connectivity index (χ0) is 27.4. The van der Waals surface area contributed by atoms with E-state index in [4.69, 9.17) is 52.6 Å². The van der Waals surface area contributed by atoms with Gasteiger partial charge in [0.1, 0.15) is 23.1 Å². The van der Waals surface area contributed by atoms with Crippen molar-refractivity contribution in [2.45, 2.75) is 19.8 Å². The number of rotatable bonds is 8. The maximum absolute atomic E-state index is 12.8. The molecule has 0 aliphatic carbocycles. The van der Waals surface area contributed by atoms with E-state index in [1.807, 2.05) is 13.0 Å². The molecule has 1 aliphatic rings. The van der Waals surface area contributed by atoms with E-state index in [0.29, 0.717) is 41.8 Å². The summed E-state index contributed by atoms with van der Waals surface area (Å²) in [6.45, 7) is 4.52. The van der Waals surface area contributed by atoms with Crippen molar-refractivity contribution in [1.29, 1.82) is 5.26 Å². The van der Waals surface area contributed by atoms with Gasteiger partial charge in [-0.15, -0.1) is 0 Å². The first kappa shape index (κ1) is 27.0. The minimum absolute atomic E-state index is 0.0496. The molecule has 4 rings (SSSR count). The Balaban J connectivity index is 1.67. The van der Waals surface area contributed by atoms with Gasteiger partial charge in [0, 0.05) is 11.6 Å². The molecular formula is C28H24Cl2N2O6. The molecule has 8 nitrogen and oxygen atoms in total. The monoisotopic (exact) mass is 554 g/mol. The van der Waals surface area contributed by atoms with Crippen molar-refractivity contribution in [3.63, 3.8) is 0 Å². The fourth-order valence-corrected chi connectivity index (χ4v) is 4.70. The number of benzene rings is 3. The fourth-order valence-electron chi connectivity index (χ4n) is 4.11. The first-order valence-corrected chi connectivity index (χ1v) is 12.4. The van der Waals surface area contributed by atoms with Crippen molar-refractivity contribution >= 4 is 29.2 Å². The average molecular weight is 555 g/mol. The number of carbonyl (C=O) groups is 1. The largest absolute Gasteiger partial charge is 0.493 e. The first-order valence-electron chi connectivity index (χ1n) is 11.7. The van der Waals surface area contributed by atoms with Crippen molar-refractivity contribution in [2.75, 3.05) is 20.3 Å². The molecule has 0 aromatic heterocycles. The number of methoxy groups -OCH3 is 1. The second-order valence-corrected chi connectivity index (χ2v) is 8.87. The molecule has 1 heterocycles. The van der Waals surface area contributed by atoms with Crippen LogP contribution in [0.15, 0.2) is 60.0 Å². The third kappa shape index (κ3) is 5.30. The summed E-state index contributed by atoms with van der Waals surface area (Å²) < 4.78 is 27.8. The van der Waals surface area contributed by atoms with Gasteiger partial charge in [0.25, 0.3) is 0 Å². The van der Waals surface area contributed by atoms with Crippen LogP contribution >= 0.6 is 23.2 Å². The molecule has 0 bridgehead atoms. The number of halogens is 2. The minimum Gasteiger partial charge on any atom is -0.493 e. The standard InChI is InChI=1S/C28H24Cl2N2O6/c1-4-35-22-9-6-15(12-24(22)34-3)25-18-8-7-17(13-23(18)38-27(32)19(25)14-31)37-28(33)16-10-20(29)26(36-5-2)21(30)11-16/h6-13,25H,4-5,32H2,1-3H3. The van der Waals surface area contributed by atoms with Crippen LogP contribution in [0.3, 0.4) is 0 Å². The molecule has 196 valence electrons. The summed E-state index contributed by atoms with van der Waals surface area (Å²) in [5, 5.41) is 10.2. The average Bonchev–Trinajstić information content (AvgIpc) is 2.90. The van der Waals surface area contributed by atoms with Crippen LogP contribution in [0.1, 0.15) is 41.3 Å². The molecule has 0 saturated carbocycles. The predicted molar refractivity (Wildman–Crippen MR) is 142 cm³/mol. The van der Waals surface area contributed by atoms with Gasteiger partial charge in [-0.1, -0.05) is 35.3 Å². The molecule has 38 heavy (non-hydrogen) atoms. The summed E-state index contributed by atoms with van der Waals surface area (Å²) >= 11 is 12.4. The van der Waals surface area contributed by atoms with E-state index >= 15 is 0 Å². The van der Waals surface area contributed by atoms with Crippen molar-refractivity contribution in [3.05, 3.63) is 86.7 Å². The lowest BCUT2D eigenvalue weighted by Crippen LogP contribution is -2.21. The van der Waals surface area contributed by atoms with Gasteiger partial charge in [-0.25, -0.2) is 4.79 Å². The first-order chi connectivity index (χ1) is 18.3. The van der Waals surface area contributed by atoms with E-state index in [1.165, 1.54) is 18.2 Å². The van der Waals surface area contributed by atoms with Gasteiger partial charge >= 0.3 is 5.97 Å². The van der Waals surface area contributed by atoms with Crippen LogP contribution in [0.25, 0.3) is 0 Å². The predicted octanol–water partition coefficient (Wildman–Crippen LogP) is 6.24. The van der Waals surface area contributed by atoms with Gasteiger partial charge < -0.3 is 29.4 Å². The molecule has 0 saturated heterocycles. The Bertz CT molecular complexity index is 1440. The molecule has 10 heteroatoms. The van der Waals surface area contributed by atoms with E-state index in [2.05, 4.69) is 6.07 Å². The molecule has 0 radical (unpaired) electrons. The second-order valence-electron chi connectivity index (χ2n) is 8.06. The number of nitrogens with two attached hydrogens (primary N) is 1. The highest BCUT2D eigenvalue weighted by Gasteiger charge is 2.32. The van der Waals surface area contributed by atoms with Crippen LogP contribution in [0.4, 0.5) is 0 Å². The summed E-state index contributed by atoms with van der Waals surface area (Å²) in [6, 6.07) is 15.3. The van der Waals surface area contributed by atoms with E-state index in [1.54, 1.807) is 38.3 Å². The Kier molecular flexibility index (Phi) is 8.20. The van der Waals surface area contributed by atoms with Crippen molar-refractivity contribution in [2.24, 2.45) is 5.73 Å². The van der Waals surface area contributed by atoms with Crippen molar-refractivity contribution in [3.8, 4) is 34.8 Å². The van der Waals surface area contributed by atoms with Gasteiger partial charge in [0.15, 0.2) is 17.2 Å². The van der Waals surface area contributed by atoms with Crippen LogP contribution in [0.5, 0.6) is 28.7 Å². The quantitative estimate of drug-likeness (QED) is 0.257. The fraction of sp³-hybridized carbons (Fsp3) is 0.214.